The molecule has 7 nitrogen and oxygen atoms in total. The Morgan fingerprint density at radius 3 is 2.96 bits per heavy atom. The van der Waals surface area contributed by atoms with E-state index in [0.717, 1.165) is 23.4 Å². The van der Waals surface area contributed by atoms with Crippen LogP contribution in [-0.4, -0.2) is 64.8 Å². The van der Waals surface area contributed by atoms with Crippen molar-refractivity contribution in [2.75, 3.05) is 27.2 Å². The minimum absolute atomic E-state index is 0.0700. The average molecular weight is 315 g/mol. The first-order chi connectivity index (χ1) is 11.0. The standard InChI is InChI=1S/C16H21N5O2/c1-20-8-7-17-16(23)13(20)9-15(22)21(2)10-14-18-11-5-3-4-6-12(11)19-14/h3-6,13H,7-10H2,1-2H3,(H,17,23)(H,18,19). The molecule has 1 fully saturated rings. The van der Waals surface area contributed by atoms with Gasteiger partial charge in [0.25, 0.3) is 0 Å². The molecular formula is C16H21N5O2. The Kier molecular flexibility index (Phi) is 4.29. The Hall–Kier alpha value is -2.41. The zero-order valence-corrected chi connectivity index (χ0v) is 13.4. The lowest BCUT2D eigenvalue weighted by atomic mass is 10.1. The second kappa shape index (κ2) is 6.37. The Labute approximate surface area is 134 Å². The SMILES string of the molecule is CN(Cc1nc2ccccc2[nH]1)C(=O)CC1C(=O)NCCN1C. The first-order valence-electron chi connectivity index (χ1n) is 7.70. The third-order valence-electron chi connectivity index (χ3n) is 4.22. The van der Waals surface area contributed by atoms with Crippen molar-refractivity contribution in [3.63, 3.8) is 0 Å². The van der Waals surface area contributed by atoms with E-state index in [9.17, 15) is 9.59 Å². The quantitative estimate of drug-likeness (QED) is 0.852. The second-order valence-electron chi connectivity index (χ2n) is 5.94. The summed E-state index contributed by atoms with van der Waals surface area (Å²) in [6.07, 6.45) is 0.180. The van der Waals surface area contributed by atoms with Gasteiger partial charge in [0.05, 0.1) is 30.0 Å². The molecule has 23 heavy (non-hydrogen) atoms. The molecule has 3 rings (SSSR count). The smallest absolute Gasteiger partial charge is 0.237 e. The van der Waals surface area contributed by atoms with Crippen LogP contribution in [0.15, 0.2) is 24.3 Å². The number of amides is 2. The molecule has 0 radical (unpaired) electrons. The number of nitrogens with zero attached hydrogens (tertiary/aromatic N) is 3. The molecule has 122 valence electrons. The predicted molar refractivity (Wildman–Crippen MR) is 86.6 cm³/mol. The van der Waals surface area contributed by atoms with E-state index in [2.05, 4.69) is 15.3 Å². The molecule has 1 aliphatic heterocycles. The number of hydrogen-bond acceptors (Lipinski definition) is 4. The molecule has 2 heterocycles. The van der Waals surface area contributed by atoms with Crippen molar-refractivity contribution in [3.8, 4) is 0 Å². The zero-order valence-electron chi connectivity index (χ0n) is 13.4. The van der Waals surface area contributed by atoms with Gasteiger partial charge in [0.1, 0.15) is 5.82 Å². The van der Waals surface area contributed by atoms with E-state index in [1.165, 1.54) is 0 Å². The molecule has 2 N–H and O–H groups in total. The third-order valence-corrected chi connectivity index (χ3v) is 4.22. The van der Waals surface area contributed by atoms with Crippen molar-refractivity contribution in [1.29, 1.82) is 0 Å². The summed E-state index contributed by atoms with van der Waals surface area (Å²) < 4.78 is 0. The van der Waals surface area contributed by atoms with Gasteiger partial charge < -0.3 is 15.2 Å². The summed E-state index contributed by atoms with van der Waals surface area (Å²) in [6, 6.07) is 7.36. The van der Waals surface area contributed by atoms with Crippen molar-refractivity contribution in [3.05, 3.63) is 30.1 Å². The molecule has 2 aromatic rings. The van der Waals surface area contributed by atoms with Crippen LogP contribution in [-0.2, 0) is 16.1 Å². The van der Waals surface area contributed by atoms with E-state index in [1.54, 1.807) is 11.9 Å². The van der Waals surface area contributed by atoms with Crippen LogP contribution in [0.25, 0.3) is 11.0 Å². The lowest BCUT2D eigenvalue weighted by Gasteiger charge is -2.32. The van der Waals surface area contributed by atoms with Gasteiger partial charge >= 0.3 is 0 Å². The summed E-state index contributed by atoms with van der Waals surface area (Å²) in [5.41, 5.74) is 1.84. The highest BCUT2D eigenvalue weighted by Crippen LogP contribution is 2.13. The molecule has 1 aliphatic rings. The molecule has 1 unspecified atom stereocenters. The Morgan fingerprint density at radius 2 is 2.22 bits per heavy atom. The van der Waals surface area contributed by atoms with E-state index in [4.69, 9.17) is 0 Å². The monoisotopic (exact) mass is 315 g/mol. The first kappa shape index (κ1) is 15.5. The van der Waals surface area contributed by atoms with Gasteiger partial charge in [-0.15, -0.1) is 0 Å². The van der Waals surface area contributed by atoms with Crippen LogP contribution < -0.4 is 5.32 Å². The molecule has 0 spiro atoms. The molecule has 0 saturated carbocycles. The van der Waals surface area contributed by atoms with Crippen LogP contribution in [0.3, 0.4) is 0 Å². The van der Waals surface area contributed by atoms with Gasteiger partial charge in [-0.3, -0.25) is 14.5 Å². The average Bonchev–Trinajstić information content (AvgIpc) is 2.93. The number of piperazine rings is 1. The zero-order chi connectivity index (χ0) is 16.4. The number of rotatable bonds is 4. The van der Waals surface area contributed by atoms with E-state index >= 15 is 0 Å². The largest absolute Gasteiger partial charge is 0.353 e. The fourth-order valence-electron chi connectivity index (χ4n) is 2.79. The molecule has 0 aliphatic carbocycles. The highest BCUT2D eigenvalue weighted by atomic mass is 16.2. The van der Waals surface area contributed by atoms with Gasteiger partial charge in [0, 0.05) is 20.1 Å². The highest BCUT2D eigenvalue weighted by Gasteiger charge is 2.30. The van der Waals surface area contributed by atoms with Crippen molar-refractivity contribution >= 4 is 22.8 Å². The van der Waals surface area contributed by atoms with Gasteiger partial charge in [-0.1, -0.05) is 12.1 Å². The number of benzene rings is 1. The van der Waals surface area contributed by atoms with Crippen molar-refractivity contribution in [2.24, 2.45) is 0 Å². The number of hydrogen-bond donors (Lipinski definition) is 2. The fourth-order valence-corrected chi connectivity index (χ4v) is 2.79. The molecule has 1 atom stereocenters. The summed E-state index contributed by atoms with van der Waals surface area (Å²) in [5, 5.41) is 2.80. The summed E-state index contributed by atoms with van der Waals surface area (Å²) >= 11 is 0. The number of nitrogens with one attached hydrogen (secondary N) is 2. The lowest BCUT2D eigenvalue weighted by Crippen LogP contribution is -2.54. The summed E-state index contributed by atoms with van der Waals surface area (Å²) in [7, 11) is 3.60. The molecule has 1 aromatic carbocycles. The number of aromatic nitrogens is 2. The lowest BCUT2D eigenvalue weighted by molar-refractivity contribution is -0.137. The predicted octanol–water partition coefficient (Wildman–Crippen LogP) is 0.342. The van der Waals surface area contributed by atoms with Gasteiger partial charge in [-0.05, 0) is 19.2 Å². The summed E-state index contributed by atoms with van der Waals surface area (Å²) in [6.45, 7) is 1.79. The minimum Gasteiger partial charge on any atom is -0.353 e. The number of para-hydroxylation sites is 2. The summed E-state index contributed by atoms with van der Waals surface area (Å²) in [5.74, 6) is 0.590. The number of carbonyl (C=O) groups excluding carboxylic acids is 2. The number of H-pyrrole nitrogens is 1. The number of imidazole rings is 1. The van der Waals surface area contributed by atoms with Crippen molar-refractivity contribution in [2.45, 2.75) is 19.0 Å². The number of aromatic amines is 1. The fraction of sp³-hybridized carbons (Fsp3) is 0.438. The first-order valence-corrected chi connectivity index (χ1v) is 7.70. The maximum absolute atomic E-state index is 12.4. The molecule has 7 heteroatoms. The van der Waals surface area contributed by atoms with Crippen LogP contribution in [0.2, 0.25) is 0 Å². The van der Waals surface area contributed by atoms with Crippen LogP contribution in [0.5, 0.6) is 0 Å². The van der Waals surface area contributed by atoms with Crippen molar-refractivity contribution in [1.82, 2.24) is 25.1 Å². The highest BCUT2D eigenvalue weighted by molar-refractivity contribution is 5.88. The molecular weight excluding hydrogens is 294 g/mol. The number of likely N-dealkylation sites (N-methyl/N-ethyl adjacent to an activating group) is 1. The maximum Gasteiger partial charge on any atom is 0.237 e. The van der Waals surface area contributed by atoms with E-state index < -0.39 is 6.04 Å². The Morgan fingerprint density at radius 1 is 1.43 bits per heavy atom. The topological polar surface area (TPSA) is 81.3 Å². The van der Waals surface area contributed by atoms with Crippen LogP contribution in [0, 0.1) is 0 Å². The van der Waals surface area contributed by atoms with Crippen LogP contribution in [0.4, 0.5) is 0 Å². The van der Waals surface area contributed by atoms with Crippen LogP contribution >= 0.6 is 0 Å². The normalized spacial score (nSPS) is 18.9. The minimum atomic E-state index is -0.394. The Bertz CT molecular complexity index is 693. The van der Waals surface area contributed by atoms with E-state index in [1.807, 2.05) is 36.2 Å². The molecule has 0 bridgehead atoms. The molecule has 1 saturated heterocycles. The van der Waals surface area contributed by atoms with Gasteiger partial charge in [0.2, 0.25) is 11.8 Å². The van der Waals surface area contributed by atoms with Gasteiger partial charge in [-0.2, -0.15) is 0 Å². The van der Waals surface area contributed by atoms with Gasteiger partial charge in [0.15, 0.2) is 0 Å². The van der Waals surface area contributed by atoms with E-state index in [-0.39, 0.29) is 18.2 Å². The third kappa shape index (κ3) is 3.34. The summed E-state index contributed by atoms with van der Waals surface area (Å²) in [4.78, 5) is 35.5. The van der Waals surface area contributed by atoms with Crippen molar-refractivity contribution < 1.29 is 9.59 Å². The maximum atomic E-state index is 12.4. The number of fused-ring (bicyclic) bond motifs is 1. The van der Waals surface area contributed by atoms with E-state index in [0.29, 0.717) is 13.1 Å². The van der Waals surface area contributed by atoms with Gasteiger partial charge in [-0.25, -0.2) is 4.98 Å². The Balaban J connectivity index is 1.64. The van der Waals surface area contributed by atoms with Crippen LogP contribution in [0.1, 0.15) is 12.2 Å². The number of carbonyl (C=O) groups is 2. The molecule has 2 amide bonds. The molecule has 1 aromatic heterocycles. The second-order valence-corrected chi connectivity index (χ2v) is 5.94.